The molecule has 1 saturated heterocycles. The molecule has 0 spiro atoms. The van der Waals surface area contributed by atoms with E-state index < -0.39 is 24.5 Å². The van der Waals surface area contributed by atoms with Gasteiger partial charge in [0.15, 0.2) is 0 Å². The van der Waals surface area contributed by atoms with E-state index in [-0.39, 0.29) is 6.61 Å². The molecule has 1 aliphatic heterocycles. The molecule has 60 valence electrons. The van der Waals surface area contributed by atoms with E-state index in [4.69, 9.17) is 25.8 Å². The number of hydrogen-bond acceptors (Lipinski definition) is 5. The van der Waals surface area contributed by atoms with E-state index in [0.717, 1.165) is 0 Å². The first kappa shape index (κ1) is 7.90. The lowest BCUT2D eigenvalue weighted by molar-refractivity contribution is -0.0200. The van der Waals surface area contributed by atoms with Crippen molar-refractivity contribution in [2.24, 2.45) is 5.73 Å². The van der Waals surface area contributed by atoms with E-state index in [1.807, 2.05) is 0 Å². The average Bonchev–Trinajstić information content (AvgIpc) is 2.17. The van der Waals surface area contributed by atoms with Gasteiger partial charge in [0.1, 0.15) is 24.5 Å². The fraction of sp³-hybridized carbons (Fsp3) is 1.00. The van der Waals surface area contributed by atoms with Crippen molar-refractivity contribution in [1.29, 1.82) is 0 Å². The van der Waals surface area contributed by atoms with Gasteiger partial charge in [-0.15, -0.1) is 0 Å². The summed E-state index contributed by atoms with van der Waals surface area (Å²) in [6.07, 6.45) is -3.78. The minimum Gasteiger partial charge on any atom is -0.394 e. The molecule has 0 bridgehead atoms. The summed E-state index contributed by atoms with van der Waals surface area (Å²) in [5.41, 5.74) is 5.19. The summed E-state index contributed by atoms with van der Waals surface area (Å²) in [5.74, 6) is 0. The molecule has 0 saturated carbocycles. The third-order valence-corrected chi connectivity index (χ3v) is 1.58. The van der Waals surface area contributed by atoms with Crippen molar-refractivity contribution in [2.45, 2.75) is 24.5 Å². The highest BCUT2D eigenvalue weighted by Gasteiger charge is 2.39. The minimum atomic E-state index is -1.09. The van der Waals surface area contributed by atoms with Gasteiger partial charge in [-0.2, -0.15) is 0 Å². The second kappa shape index (κ2) is 2.81. The smallest absolute Gasteiger partial charge is 0.135 e. The molecular formula is C5H11NO4. The van der Waals surface area contributed by atoms with Gasteiger partial charge < -0.3 is 25.8 Å². The van der Waals surface area contributed by atoms with Gasteiger partial charge in [0.2, 0.25) is 0 Å². The van der Waals surface area contributed by atoms with Crippen molar-refractivity contribution in [3.8, 4) is 0 Å². The topological polar surface area (TPSA) is 95.9 Å². The summed E-state index contributed by atoms with van der Waals surface area (Å²) >= 11 is 0. The molecule has 5 N–H and O–H groups in total. The maximum Gasteiger partial charge on any atom is 0.135 e. The summed E-state index contributed by atoms with van der Waals surface area (Å²) in [6.45, 7) is -0.327. The van der Waals surface area contributed by atoms with Crippen molar-refractivity contribution >= 4 is 0 Å². The summed E-state index contributed by atoms with van der Waals surface area (Å²) in [5, 5.41) is 26.5. The van der Waals surface area contributed by atoms with Gasteiger partial charge in [0, 0.05) is 0 Å². The lowest BCUT2D eigenvalue weighted by Gasteiger charge is -2.09. The van der Waals surface area contributed by atoms with Gasteiger partial charge in [-0.1, -0.05) is 0 Å². The van der Waals surface area contributed by atoms with Crippen LogP contribution in [-0.4, -0.2) is 46.5 Å². The lowest BCUT2D eigenvalue weighted by atomic mass is 10.1. The molecule has 0 aliphatic carbocycles. The molecule has 0 aromatic carbocycles. The first-order valence-corrected chi connectivity index (χ1v) is 3.05. The van der Waals surface area contributed by atoms with E-state index in [9.17, 15) is 0 Å². The van der Waals surface area contributed by atoms with Crippen LogP contribution in [0.15, 0.2) is 0 Å². The number of rotatable bonds is 1. The zero-order valence-electron chi connectivity index (χ0n) is 5.34. The highest BCUT2D eigenvalue weighted by Crippen LogP contribution is 2.16. The SMILES string of the molecule is NC1O[C@H](CO)[C@@H](O)[C@H]1O. The van der Waals surface area contributed by atoms with Crippen LogP contribution in [0.3, 0.4) is 0 Å². The zero-order valence-corrected chi connectivity index (χ0v) is 5.34. The van der Waals surface area contributed by atoms with Crippen LogP contribution >= 0.6 is 0 Å². The van der Waals surface area contributed by atoms with Gasteiger partial charge in [-0.05, 0) is 0 Å². The molecule has 5 heteroatoms. The molecule has 10 heavy (non-hydrogen) atoms. The molecule has 1 aliphatic rings. The van der Waals surface area contributed by atoms with E-state index in [0.29, 0.717) is 0 Å². The van der Waals surface area contributed by atoms with Gasteiger partial charge in [0.25, 0.3) is 0 Å². The zero-order chi connectivity index (χ0) is 7.72. The Hall–Kier alpha value is -0.200. The molecule has 5 nitrogen and oxygen atoms in total. The Balaban J connectivity index is 2.53. The summed E-state index contributed by atoms with van der Waals surface area (Å²) < 4.78 is 4.76. The first-order valence-electron chi connectivity index (χ1n) is 3.05. The third kappa shape index (κ3) is 1.14. The van der Waals surface area contributed by atoms with Crippen LogP contribution in [-0.2, 0) is 4.74 Å². The molecule has 1 unspecified atom stereocenters. The number of nitrogens with two attached hydrogens (primary N) is 1. The summed E-state index contributed by atoms with van der Waals surface area (Å²) in [7, 11) is 0. The maximum atomic E-state index is 9.01. The monoisotopic (exact) mass is 149 g/mol. The molecule has 0 aromatic heterocycles. The Kier molecular flexibility index (Phi) is 2.22. The minimum absolute atomic E-state index is 0.327. The predicted octanol–water partition coefficient (Wildman–Crippen LogP) is -2.62. The van der Waals surface area contributed by atoms with Crippen LogP contribution in [0.4, 0.5) is 0 Å². The first-order chi connectivity index (χ1) is 4.66. The molecule has 1 fully saturated rings. The Morgan fingerprint density at radius 1 is 1.30 bits per heavy atom. The van der Waals surface area contributed by atoms with E-state index in [1.54, 1.807) is 0 Å². The maximum absolute atomic E-state index is 9.01. The van der Waals surface area contributed by atoms with Gasteiger partial charge in [0.05, 0.1) is 6.61 Å². The van der Waals surface area contributed by atoms with Gasteiger partial charge >= 0.3 is 0 Å². The molecule has 0 amide bonds. The van der Waals surface area contributed by atoms with Crippen molar-refractivity contribution in [1.82, 2.24) is 0 Å². The predicted molar refractivity (Wildman–Crippen MR) is 31.9 cm³/mol. The molecule has 1 heterocycles. The number of aliphatic hydroxyl groups is 3. The number of hydrogen-bond donors (Lipinski definition) is 4. The highest BCUT2D eigenvalue weighted by atomic mass is 16.6. The van der Waals surface area contributed by atoms with Crippen LogP contribution in [0.25, 0.3) is 0 Å². The Morgan fingerprint density at radius 2 is 1.90 bits per heavy atom. The Bertz CT molecular complexity index is 120. The van der Waals surface area contributed by atoms with Crippen molar-refractivity contribution in [3.05, 3.63) is 0 Å². The van der Waals surface area contributed by atoms with E-state index in [2.05, 4.69) is 0 Å². The fourth-order valence-corrected chi connectivity index (χ4v) is 0.928. The van der Waals surface area contributed by atoms with Crippen LogP contribution < -0.4 is 5.73 Å². The van der Waals surface area contributed by atoms with Gasteiger partial charge in [-0.25, -0.2) is 0 Å². The van der Waals surface area contributed by atoms with Crippen molar-refractivity contribution in [3.63, 3.8) is 0 Å². The fourth-order valence-electron chi connectivity index (χ4n) is 0.928. The Morgan fingerprint density at radius 3 is 2.10 bits per heavy atom. The molecule has 1 rings (SSSR count). The third-order valence-electron chi connectivity index (χ3n) is 1.58. The quantitative estimate of drug-likeness (QED) is 0.327. The van der Waals surface area contributed by atoms with Crippen LogP contribution in [0, 0.1) is 0 Å². The van der Waals surface area contributed by atoms with Gasteiger partial charge in [-0.3, -0.25) is 0 Å². The summed E-state index contributed by atoms with van der Waals surface area (Å²) in [4.78, 5) is 0. The lowest BCUT2D eigenvalue weighted by Crippen LogP contribution is -2.37. The molecule has 4 atom stereocenters. The number of ether oxygens (including phenoxy) is 1. The van der Waals surface area contributed by atoms with Crippen LogP contribution in [0.1, 0.15) is 0 Å². The number of aliphatic hydroxyl groups excluding tert-OH is 3. The highest BCUT2D eigenvalue weighted by molar-refractivity contribution is 4.86. The largest absolute Gasteiger partial charge is 0.394 e. The van der Waals surface area contributed by atoms with E-state index in [1.165, 1.54) is 0 Å². The Labute approximate surface area is 58.0 Å². The second-order valence-corrected chi connectivity index (χ2v) is 2.30. The normalized spacial score (nSPS) is 48.0. The standard InChI is InChI=1S/C5H11NO4/c6-5-4(9)3(8)2(1-7)10-5/h2-5,7-9H,1,6H2/t2-,3-,4-,5?/m1/s1. The summed E-state index contributed by atoms with van der Waals surface area (Å²) in [6, 6.07) is 0. The van der Waals surface area contributed by atoms with E-state index >= 15 is 0 Å². The van der Waals surface area contributed by atoms with Crippen molar-refractivity contribution < 1.29 is 20.1 Å². The van der Waals surface area contributed by atoms with Crippen LogP contribution in [0.5, 0.6) is 0 Å². The molecular weight excluding hydrogens is 138 g/mol. The second-order valence-electron chi connectivity index (χ2n) is 2.30. The van der Waals surface area contributed by atoms with Crippen molar-refractivity contribution in [2.75, 3.05) is 6.61 Å². The molecule has 0 radical (unpaired) electrons. The van der Waals surface area contributed by atoms with Crippen LogP contribution in [0.2, 0.25) is 0 Å². The average molecular weight is 149 g/mol. The molecule has 0 aromatic rings.